The molecule has 2 rings (SSSR count). The summed E-state index contributed by atoms with van der Waals surface area (Å²) in [5, 5.41) is 5.88. The summed E-state index contributed by atoms with van der Waals surface area (Å²) in [4.78, 5) is 16.0. The van der Waals surface area contributed by atoms with Crippen molar-refractivity contribution in [2.24, 2.45) is 0 Å². The first kappa shape index (κ1) is 13.1. The van der Waals surface area contributed by atoms with Crippen molar-refractivity contribution in [2.45, 2.75) is 38.6 Å². The molecule has 2 heterocycles. The normalized spacial score (nSPS) is 14.3. The third kappa shape index (κ3) is 3.57. The van der Waals surface area contributed by atoms with E-state index in [1.54, 1.807) is 0 Å². The van der Waals surface area contributed by atoms with Crippen LogP contribution in [0.4, 0.5) is 0 Å². The van der Waals surface area contributed by atoms with E-state index < -0.39 is 0 Å². The van der Waals surface area contributed by atoms with Crippen LogP contribution in [0.25, 0.3) is 0 Å². The maximum Gasteiger partial charge on any atom is 0.221 e. The van der Waals surface area contributed by atoms with Crippen molar-refractivity contribution < 1.29 is 4.79 Å². The lowest BCUT2D eigenvalue weighted by Crippen LogP contribution is -2.28. The molecule has 0 fully saturated rings. The van der Waals surface area contributed by atoms with E-state index in [4.69, 9.17) is 0 Å². The SMILES string of the molecule is CNCCC(=O)NCCc1cn2c(n1)CCCC2. The van der Waals surface area contributed by atoms with Gasteiger partial charge in [-0.05, 0) is 19.9 Å². The van der Waals surface area contributed by atoms with Crippen LogP contribution in [0.15, 0.2) is 6.20 Å². The van der Waals surface area contributed by atoms with Crippen LogP contribution in [0.5, 0.6) is 0 Å². The molecule has 0 unspecified atom stereocenters. The first-order chi connectivity index (χ1) is 8.79. The van der Waals surface area contributed by atoms with Crippen LogP contribution in [0.1, 0.15) is 30.8 Å². The first-order valence-electron chi connectivity index (χ1n) is 6.76. The standard InChI is InChI=1S/C13H22N4O/c1-14-7-6-13(18)15-8-5-11-10-17-9-3-2-4-12(17)16-11/h10,14H,2-9H2,1H3,(H,15,18). The molecule has 1 aromatic rings. The molecule has 0 spiro atoms. The number of hydrogen-bond acceptors (Lipinski definition) is 3. The summed E-state index contributed by atoms with van der Waals surface area (Å²) >= 11 is 0. The predicted octanol–water partition coefficient (Wildman–Crippen LogP) is 0.488. The molecule has 0 aromatic carbocycles. The highest BCUT2D eigenvalue weighted by Gasteiger charge is 2.11. The third-order valence-corrected chi connectivity index (χ3v) is 3.26. The van der Waals surface area contributed by atoms with Crippen LogP contribution in [0.3, 0.4) is 0 Å². The van der Waals surface area contributed by atoms with E-state index in [2.05, 4.69) is 26.4 Å². The zero-order chi connectivity index (χ0) is 12.8. The van der Waals surface area contributed by atoms with Crippen molar-refractivity contribution in [3.05, 3.63) is 17.7 Å². The average Bonchev–Trinajstić information content (AvgIpc) is 2.79. The van der Waals surface area contributed by atoms with Crippen LogP contribution in [0, 0.1) is 0 Å². The molecule has 1 amide bonds. The van der Waals surface area contributed by atoms with Gasteiger partial charge in [-0.3, -0.25) is 4.79 Å². The number of imidazole rings is 1. The summed E-state index contributed by atoms with van der Waals surface area (Å²) in [6.07, 6.45) is 7.09. The number of amides is 1. The lowest BCUT2D eigenvalue weighted by atomic mass is 10.2. The first-order valence-corrected chi connectivity index (χ1v) is 6.76. The molecule has 0 saturated carbocycles. The molecule has 0 atom stereocenters. The summed E-state index contributed by atoms with van der Waals surface area (Å²) in [5.74, 6) is 1.31. The second-order valence-corrected chi connectivity index (χ2v) is 4.75. The van der Waals surface area contributed by atoms with Crippen molar-refractivity contribution in [3.63, 3.8) is 0 Å². The van der Waals surface area contributed by atoms with Crippen molar-refractivity contribution in [1.82, 2.24) is 20.2 Å². The summed E-state index contributed by atoms with van der Waals surface area (Å²) in [7, 11) is 1.85. The molecular formula is C13H22N4O. The van der Waals surface area contributed by atoms with E-state index in [0.29, 0.717) is 13.0 Å². The number of nitrogens with one attached hydrogen (secondary N) is 2. The fraction of sp³-hybridized carbons (Fsp3) is 0.692. The smallest absolute Gasteiger partial charge is 0.221 e. The number of fused-ring (bicyclic) bond motifs is 1. The molecule has 0 aliphatic carbocycles. The second-order valence-electron chi connectivity index (χ2n) is 4.75. The second kappa shape index (κ2) is 6.54. The minimum atomic E-state index is 0.105. The maximum atomic E-state index is 11.4. The number of aryl methyl sites for hydroxylation is 2. The van der Waals surface area contributed by atoms with Gasteiger partial charge in [0.2, 0.25) is 5.91 Å². The zero-order valence-corrected chi connectivity index (χ0v) is 11.0. The Morgan fingerprint density at radius 2 is 2.33 bits per heavy atom. The molecule has 0 radical (unpaired) electrons. The third-order valence-electron chi connectivity index (χ3n) is 3.26. The Labute approximate surface area is 108 Å². The highest BCUT2D eigenvalue weighted by atomic mass is 16.1. The van der Waals surface area contributed by atoms with Crippen LogP contribution in [-0.2, 0) is 24.2 Å². The Morgan fingerprint density at radius 1 is 1.44 bits per heavy atom. The lowest BCUT2D eigenvalue weighted by molar-refractivity contribution is -0.120. The molecule has 18 heavy (non-hydrogen) atoms. The van der Waals surface area contributed by atoms with Gasteiger partial charge in [-0.25, -0.2) is 4.98 Å². The molecule has 100 valence electrons. The summed E-state index contributed by atoms with van der Waals surface area (Å²) in [5.41, 5.74) is 1.10. The molecule has 0 saturated heterocycles. The molecular weight excluding hydrogens is 228 g/mol. The molecule has 1 aliphatic rings. The largest absolute Gasteiger partial charge is 0.356 e. The fourth-order valence-corrected chi connectivity index (χ4v) is 2.25. The minimum Gasteiger partial charge on any atom is -0.356 e. The van der Waals surface area contributed by atoms with Crippen molar-refractivity contribution in [3.8, 4) is 0 Å². The summed E-state index contributed by atoms with van der Waals surface area (Å²) in [6, 6.07) is 0. The van der Waals surface area contributed by atoms with E-state index in [-0.39, 0.29) is 5.91 Å². The van der Waals surface area contributed by atoms with E-state index in [0.717, 1.165) is 31.6 Å². The van der Waals surface area contributed by atoms with Crippen LogP contribution in [-0.4, -0.2) is 35.6 Å². The van der Waals surface area contributed by atoms with E-state index in [1.165, 1.54) is 18.7 Å². The molecule has 2 N–H and O–H groups in total. The topological polar surface area (TPSA) is 59.0 Å². The monoisotopic (exact) mass is 250 g/mol. The Bertz CT molecular complexity index is 376. The Kier molecular flexibility index (Phi) is 4.75. The zero-order valence-electron chi connectivity index (χ0n) is 11.0. The van der Waals surface area contributed by atoms with E-state index in [1.807, 2.05) is 7.05 Å². The lowest BCUT2D eigenvalue weighted by Gasteiger charge is -2.11. The number of carbonyl (C=O) groups excluding carboxylic acids is 1. The van der Waals surface area contributed by atoms with Gasteiger partial charge in [0.15, 0.2) is 0 Å². The quantitative estimate of drug-likeness (QED) is 0.772. The number of carbonyl (C=O) groups is 1. The van der Waals surface area contributed by atoms with Crippen molar-refractivity contribution in [2.75, 3.05) is 20.1 Å². The van der Waals surface area contributed by atoms with E-state index in [9.17, 15) is 4.79 Å². The fourth-order valence-electron chi connectivity index (χ4n) is 2.25. The molecule has 1 aromatic heterocycles. The highest BCUT2D eigenvalue weighted by Crippen LogP contribution is 2.14. The van der Waals surface area contributed by atoms with Gasteiger partial charge in [0.05, 0.1) is 5.69 Å². The van der Waals surface area contributed by atoms with Crippen LogP contribution >= 0.6 is 0 Å². The van der Waals surface area contributed by atoms with Gasteiger partial charge in [0, 0.05) is 45.1 Å². The number of nitrogens with zero attached hydrogens (tertiary/aromatic N) is 2. The van der Waals surface area contributed by atoms with Gasteiger partial charge < -0.3 is 15.2 Å². The van der Waals surface area contributed by atoms with Crippen LogP contribution in [0.2, 0.25) is 0 Å². The van der Waals surface area contributed by atoms with Gasteiger partial charge in [-0.15, -0.1) is 0 Å². The summed E-state index contributed by atoms with van der Waals surface area (Å²) in [6.45, 7) is 2.50. The van der Waals surface area contributed by atoms with Crippen LogP contribution < -0.4 is 10.6 Å². The van der Waals surface area contributed by atoms with Gasteiger partial charge in [0.1, 0.15) is 5.82 Å². The molecule has 1 aliphatic heterocycles. The molecule has 5 nitrogen and oxygen atoms in total. The number of hydrogen-bond donors (Lipinski definition) is 2. The van der Waals surface area contributed by atoms with E-state index >= 15 is 0 Å². The van der Waals surface area contributed by atoms with Gasteiger partial charge in [-0.2, -0.15) is 0 Å². The number of aromatic nitrogens is 2. The predicted molar refractivity (Wildman–Crippen MR) is 70.4 cm³/mol. The van der Waals surface area contributed by atoms with Gasteiger partial charge in [-0.1, -0.05) is 0 Å². The van der Waals surface area contributed by atoms with Crippen molar-refractivity contribution >= 4 is 5.91 Å². The van der Waals surface area contributed by atoms with Crippen molar-refractivity contribution in [1.29, 1.82) is 0 Å². The van der Waals surface area contributed by atoms with Gasteiger partial charge in [0.25, 0.3) is 0 Å². The Balaban J connectivity index is 1.73. The maximum absolute atomic E-state index is 11.4. The Hall–Kier alpha value is -1.36. The van der Waals surface area contributed by atoms with Gasteiger partial charge >= 0.3 is 0 Å². The summed E-state index contributed by atoms with van der Waals surface area (Å²) < 4.78 is 2.25. The highest BCUT2D eigenvalue weighted by molar-refractivity contribution is 5.76. The molecule has 0 bridgehead atoms. The minimum absolute atomic E-state index is 0.105. The average molecular weight is 250 g/mol. The number of rotatable bonds is 6. The molecule has 5 heteroatoms. The Morgan fingerprint density at radius 3 is 3.11 bits per heavy atom.